The molecule has 0 spiro atoms. The molecular weight excluding hydrogens is 308 g/mol. The minimum absolute atomic E-state index is 0.0340. The van der Waals surface area contributed by atoms with Crippen LogP contribution in [0.3, 0.4) is 0 Å². The molecule has 1 fully saturated rings. The molecule has 128 valence electrons. The Morgan fingerprint density at radius 2 is 1.71 bits per heavy atom. The van der Waals surface area contributed by atoms with Gasteiger partial charge in [-0.05, 0) is 25.1 Å². The Morgan fingerprint density at radius 1 is 1.08 bits per heavy atom. The third-order valence-corrected chi connectivity index (χ3v) is 4.32. The molecule has 0 aliphatic carbocycles. The number of hydrogen-bond acceptors (Lipinski definition) is 4. The van der Waals surface area contributed by atoms with Crippen LogP contribution in [-0.4, -0.2) is 47.8 Å². The van der Waals surface area contributed by atoms with Crippen LogP contribution in [0.25, 0.3) is 0 Å². The Balaban J connectivity index is 1.64. The normalized spacial score (nSPS) is 15.2. The van der Waals surface area contributed by atoms with Gasteiger partial charge in [-0.2, -0.15) is 0 Å². The summed E-state index contributed by atoms with van der Waals surface area (Å²) in [6, 6.07) is 5.19. The van der Waals surface area contributed by atoms with E-state index in [0.717, 1.165) is 5.76 Å². The summed E-state index contributed by atoms with van der Waals surface area (Å²) < 4.78 is 10.8. The summed E-state index contributed by atoms with van der Waals surface area (Å²) in [4.78, 5) is 28.4. The van der Waals surface area contributed by atoms with Gasteiger partial charge in [-0.25, -0.2) is 0 Å². The van der Waals surface area contributed by atoms with Crippen LogP contribution < -0.4 is 0 Å². The van der Waals surface area contributed by atoms with Crippen molar-refractivity contribution in [2.45, 2.75) is 26.7 Å². The van der Waals surface area contributed by atoms with Crippen LogP contribution in [0.15, 0.2) is 33.3 Å². The number of furan rings is 2. The summed E-state index contributed by atoms with van der Waals surface area (Å²) in [5, 5.41) is 0. The first kappa shape index (κ1) is 16.4. The maximum atomic E-state index is 12.7. The van der Waals surface area contributed by atoms with Crippen LogP contribution >= 0.6 is 0 Å². The van der Waals surface area contributed by atoms with Crippen LogP contribution in [0.1, 0.15) is 52.2 Å². The number of carbonyl (C=O) groups is 2. The lowest BCUT2D eigenvalue weighted by Crippen LogP contribution is -2.50. The van der Waals surface area contributed by atoms with Crippen LogP contribution in [-0.2, 0) is 0 Å². The van der Waals surface area contributed by atoms with Gasteiger partial charge in [0, 0.05) is 32.1 Å². The zero-order valence-corrected chi connectivity index (χ0v) is 14.2. The van der Waals surface area contributed by atoms with E-state index in [1.807, 2.05) is 26.8 Å². The minimum atomic E-state index is -0.131. The molecule has 2 amide bonds. The molecule has 6 heteroatoms. The van der Waals surface area contributed by atoms with Gasteiger partial charge in [-0.1, -0.05) is 13.8 Å². The average molecular weight is 330 g/mol. The van der Waals surface area contributed by atoms with Gasteiger partial charge in [0.05, 0.1) is 11.8 Å². The highest BCUT2D eigenvalue weighted by atomic mass is 16.3. The maximum Gasteiger partial charge on any atom is 0.289 e. The highest BCUT2D eigenvalue weighted by Gasteiger charge is 2.28. The Hall–Kier alpha value is -2.50. The van der Waals surface area contributed by atoms with Crippen molar-refractivity contribution in [2.75, 3.05) is 26.2 Å². The molecule has 24 heavy (non-hydrogen) atoms. The first-order valence-electron chi connectivity index (χ1n) is 8.19. The van der Waals surface area contributed by atoms with Crippen molar-refractivity contribution < 1.29 is 18.4 Å². The van der Waals surface area contributed by atoms with E-state index in [-0.39, 0.29) is 17.7 Å². The molecule has 1 saturated heterocycles. The topological polar surface area (TPSA) is 66.9 Å². The smallest absolute Gasteiger partial charge is 0.289 e. The predicted molar refractivity (Wildman–Crippen MR) is 88.0 cm³/mol. The molecule has 3 rings (SSSR count). The molecule has 2 aromatic rings. The third kappa shape index (κ3) is 3.09. The zero-order valence-electron chi connectivity index (χ0n) is 14.2. The van der Waals surface area contributed by atoms with E-state index in [4.69, 9.17) is 8.83 Å². The van der Waals surface area contributed by atoms with Crippen molar-refractivity contribution in [3.63, 3.8) is 0 Å². The van der Waals surface area contributed by atoms with Crippen molar-refractivity contribution in [2.24, 2.45) is 0 Å². The molecule has 0 bridgehead atoms. The Morgan fingerprint density at radius 3 is 2.21 bits per heavy atom. The fourth-order valence-corrected chi connectivity index (χ4v) is 2.84. The summed E-state index contributed by atoms with van der Waals surface area (Å²) in [6.45, 7) is 7.89. The summed E-state index contributed by atoms with van der Waals surface area (Å²) in [7, 11) is 0. The largest absolute Gasteiger partial charge is 0.465 e. The first-order valence-corrected chi connectivity index (χ1v) is 8.19. The van der Waals surface area contributed by atoms with Gasteiger partial charge in [-0.3, -0.25) is 9.59 Å². The zero-order chi connectivity index (χ0) is 17.3. The summed E-state index contributed by atoms with van der Waals surface area (Å²) in [6.07, 6.45) is 1.49. The Bertz CT molecular complexity index is 722. The van der Waals surface area contributed by atoms with Gasteiger partial charge >= 0.3 is 0 Å². The molecule has 6 nitrogen and oxygen atoms in total. The molecule has 0 unspecified atom stereocenters. The number of carbonyl (C=O) groups excluding carboxylic acids is 2. The van der Waals surface area contributed by atoms with Crippen molar-refractivity contribution in [3.05, 3.63) is 47.3 Å². The van der Waals surface area contributed by atoms with E-state index in [2.05, 4.69) is 0 Å². The number of nitrogens with zero attached hydrogens (tertiary/aromatic N) is 2. The van der Waals surface area contributed by atoms with Crippen molar-refractivity contribution >= 4 is 11.8 Å². The van der Waals surface area contributed by atoms with Crippen LogP contribution in [0.4, 0.5) is 0 Å². The molecule has 3 heterocycles. The first-order chi connectivity index (χ1) is 11.5. The van der Waals surface area contributed by atoms with Crippen molar-refractivity contribution in [1.82, 2.24) is 9.80 Å². The average Bonchev–Trinajstić information content (AvgIpc) is 3.23. The lowest BCUT2D eigenvalue weighted by molar-refractivity contribution is 0.0517. The van der Waals surface area contributed by atoms with E-state index in [0.29, 0.717) is 43.3 Å². The van der Waals surface area contributed by atoms with Gasteiger partial charge in [0.2, 0.25) is 0 Å². The summed E-state index contributed by atoms with van der Waals surface area (Å²) >= 11 is 0. The highest BCUT2D eigenvalue weighted by Crippen LogP contribution is 2.23. The van der Waals surface area contributed by atoms with Gasteiger partial charge in [-0.15, -0.1) is 0 Å². The minimum Gasteiger partial charge on any atom is -0.465 e. The Kier molecular flexibility index (Phi) is 4.46. The number of hydrogen-bond donors (Lipinski definition) is 0. The summed E-state index contributed by atoms with van der Waals surface area (Å²) in [5.41, 5.74) is 0.615. The van der Waals surface area contributed by atoms with E-state index in [1.54, 1.807) is 21.9 Å². The number of aryl methyl sites for hydroxylation is 1. The van der Waals surface area contributed by atoms with E-state index < -0.39 is 0 Å². The fourth-order valence-electron chi connectivity index (χ4n) is 2.84. The molecule has 2 aromatic heterocycles. The second-order valence-corrected chi connectivity index (χ2v) is 6.34. The lowest BCUT2D eigenvalue weighted by atomic mass is 10.1. The predicted octanol–water partition coefficient (Wildman–Crippen LogP) is 2.90. The van der Waals surface area contributed by atoms with Crippen molar-refractivity contribution in [3.8, 4) is 0 Å². The van der Waals surface area contributed by atoms with Gasteiger partial charge in [0.1, 0.15) is 11.5 Å². The molecule has 0 atom stereocenters. The van der Waals surface area contributed by atoms with E-state index >= 15 is 0 Å². The third-order valence-electron chi connectivity index (χ3n) is 4.32. The van der Waals surface area contributed by atoms with E-state index in [1.165, 1.54) is 6.26 Å². The Labute approximate surface area is 141 Å². The molecule has 0 N–H and O–H groups in total. The SMILES string of the molecule is Cc1oc(C(C)C)cc1C(=O)N1CCN(C(=O)c2ccco2)CC1. The fraction of sp³-hybridized carbons (Fsp3) is 0.444. The second-order valence-electron chi connectivity index (χ2n) is 6.34. The maximum absolute atomic E-state index is 12.7. The monoisotopic (exact) mass is 330 g/mol. The quantitative estimate of drug-likeness (QED) is 0.868. The lowest BCUT2D eigenvalue weighted by Gasteiger charge is -2.34. The number of rotatable bonds is 3. The van der Waals surface area contributed by atoms with Crippen LogP contribution in [0.5, 0.6) is 0 Å². The van der Waals surface area contributed by atoms with Gasteiger partial charge in [0.25, 0.3) is 11.8 Å². The van der Waals surface area contributed by atoms with Crippen LogP contribution in [0, 0.1) is 6.92 Å². The second kappa shape index (κ2) is 6.55. The molecule has 0 radical (unpaired) electrons. The molecule has 1 aliphatic heterocycles. The number of amides is 2. The van der Waals surface area contributed by atoms with Gasteiger partial charge in [0.15, 0.2) is 5.76 Å². The highest BCUT2D eigenvalue weighted by molar-refractivity contribution is 5.96. The number of piperazine rings is 1. The summed E-state index contributed by atoms with van der Waals surface area (Å²) in [5.74, 6) is 1.89. The molecule has 1 aliphatic rings. The van der Waals surface area contributed by atoms with Gasteiger partial charge < -0.3 is 18.6 Å². The standard InChI is InChI=1S/C18H22N2O4/c1-12(2)16-11-14(13(3)24-16)17(21)19-6-8-20(9-7-19)18(22)15-5-4-10-23-15/h4-5,10-12H,6-9H2,1-3H3. The molecular formula is C18H22N2O4. The van der Waals surface area contributed by atoms with E-state index in [9.17, 15) is 9.59 Å². The van der Waals surface area contributed by atoms with Crippen LogP contribution in [0.2, 0.25) is 0 Å². The molecule has 0 saturated carbocycles. The van der Waals surface area contributed by atoms with Crippen molar-refractivity contribution in [1.29, 1.82) is 0 Å². The molecule has 0 aromatic carbocycles.